The summed E-state index contributed by atoms with van der Waals surface area (Å²) < 4.78 is 7.40. The van der Waals surface area contributed by atoms with Gasteiger partial charge < -0.3 is 14.7 Å². The Labute approximate surface area is 154 Å². The lowest BCUT2D eigenvalue weighted by Gasteiger charge is -2.15. The number of nitriles is 1. The Morgan fingerprint density at radius 2 is 2.11 bits per heavy atom. The number of benzene rings is 2. The molecule has 1 aliphatic rings. The minimum atomic E-state index is -0.107. The van der Waals surface area contributed by atoms with Crippen LogP contribution in [0.2, 0.25) is 0 Å². The molecule has 2 aromatic carbocycles. The van der Waals surface area contributed by atoms with E-state index in [-0.39, 0.29) is 11.6 Å². The van der Waals surface area contributed by atoms with Gasteiger partial charge in [-0.2, -0.15) is 5.26 Å². The molecule has 0 bridgehead atoms. The molecule has 0 amide bonds. The first kappa shape index (κ1) is 15.6. The molecule has 0 saturated heterocycles. The number of nitrogens with zero attached hydrogens (tertiary/aromatic N) is 3. The van der Waals surface area contributed by atoms with Crippen molar-refractivity contribution >= 4 is 27.7 Å². The molecule has 5 rings (SSSR count). The third kappa shape index (κ3) is 2.18. The quantitative estimate of drug-likeness (QED) is 0.549. The van der Waals surface area contributed by atoms with Gasteiger partial charge in [-0.1, -0.05) is 12.1 Å². The maximum absolute atomic E-state index is 13.0. The maximum atomic E-state index is 13.0. The van der Waals surface area contributed by atoms with Crippen molar-refractivity contribution in [1.82, 2.24) is 9.55 Å². The zero-order valence-corrected chi connectivity index (χ0v) is 14.7. The fraction of sp³-hybridized carbons (Fsp3) is 0.190. The molecule has 0 atom stereocenters. The molecule has 0 spiro atoms. The molecule has 2 aromatic heterocycles. The van der Waals surface area contributed by atoms with Crippen LogP contribution >= 0.6 is 0 Å². The van der Waals surface area contributed by atoms with Crippen LogP contribution in [-0.4, -0.2) is 9.55 Å². The van der Waals surface area contributed by atoms with E-state index >= 15 is 0 Å². The number of aromatic nitrogens is 2. The Balaban J connectivity index is 1.89. The van der Waals surface area contributed by atoms with Crippen LogP contribution in [0.1, 0.15) is 30.0 Å². The summed E-state index contributed by atoms with van der Waals surface area (Å²) in [6.45, 7) is 2.00. The van der Waals surface area contributed by atoms with Crippen LogP contribution in [0.4, 0.5) is 5.69 Å². The molecule has 132 valence electrons. The molecule has 6 heteroatoms. The van der Waals surface area contributed by atoms with E-state index in [1.807, 2.05) is 29.7 Å². The largest absolute Gasteiger partial charge is 0.443 e. The molecule has 0 unspecified atom stereocenters. The molecule has 6 nitrogen and oxygen atoms in total. The molecule has 2 N–H and O–H groups in total. The highest BCUT2D eigenvalue weighted by Crippen LogP contribution is 2.40. The standard InChI is InChI=1S/C21H16N4O2/c1-11-15(12-2-7-17(23)13(8-12)9-22)5-6-16-19(11)25(14-3-4-14)21(26)18-20(16)27-10-24-18/h2,5-8,10,14H,3-4,23H2,1H3. The molecule has 1 aliphatic carbocycles. The van der Waals surface area contributed by atoms with E-state index in [4.69, 9.17) is 10.2 Å². The van der Waals surface area contributed by atoms with Gasteiger partial charge in [0.15, 0.2) is 17.5 Å². The summed E-state index contributed by atoms with van der Waals surface area (Å²) in [5.74, 6) is 0. The van der Waals surface area contributed by atoms with Crippen molar-refractivity contribution in [3.63, 3.8) is 0 Å². The third-order valence-corrected chi connectivity index (χ3v) is 5.30. The van der Waals surface area contributed by atoms with Crippen LogP contribution < -0.4 is 11.3 Å². The number of nitrogens with two attached hydrogens (primary N) is 1. The molecule has 2 heterocycles. The van der Waals surface area contributed by atoms with E-state index in [1.165, 1.54) is 6.39 Å². The number of pyridine rings is 1. The zero-order chi connectivity index (χ0) is 18.7. The molecule has 1 fully saturated rings. The second-order valence-electron chi connectivity index (χ2n) is 6.98. The topological polar surface area (TPSA) is 97.8 Å². The Morgan fingerprint density at radius 1 is 1.30 bits per heavy atom. The van der Waals surface area contributed by atoms with Gasteiger partial charge >= 0.3 is 0 Å². The highest BCUT2D eigenvalue weighted by Gasteiger charge is 2.29. The number of rotatable bonds is 2. The summed E-state index contributed by atoms with van der Waals surface area (Å²) in [7, 11) is 0. The van der Waals surface area contributed by atoms with Crippen molar-refractivity contribution < 1.29 is 4.42 Å². The van der Waals surface area contributed by atoms with Crippen LogP contribution in [0.25, 0.3) is 33.1 Å². The molecule has 27 heavy (non-hydrogen) atoms. The fourth-order valence-corrected chi connectivity index (χ4v) is 3.81. The lowest BCUT2D eigenvalue weighted by atomic mass is 9.95. The van der Waals surface area contributed by atoms with Gasteiger partial charge in [0.2, 0.25) is 0 Å². The number of nitrogen functional groups attached to an aromatic ring is 1. The molecule has 1 saturated carbocycles. The van der Waals surface area contributed by atoms with Crippen LogP contribution in [0.3, 0.4) is 0 Å². The average Bonchev–Trinajstić information content (AvgIpc) is 3.38. The Morgan fingerprint density at radius 3 is 2.85 bits per heavy atom. The maximum Gasteiger partial charge on any atom is 0.281 e. The summed E-state index contributed by atoms with van der Waals surface area (Å²) in [6.07, 6.45) is 3.30. The van der Waals surface area contributed by atoms with Crippen LogP contribution in [0.5, 0.6) is 0 Å². The first-order valence-electron chi connectivity index (χ1n) is 8.81. The van der Waals surface area contributed by atoms with E-state index in [0.29, 0.717) is 22.4 Å². The van der Waals surface area contributed by atoms with Gasteiger partial charge in [0.1, 0.15) is 6.07 Å². The van der Waals surface area contributed by atoms with Gasteiger partial charge in [0.25, 0.3) is 5.56 Å². The van der Waals surface area contributed by atoms with Gasteiger partial charge in [0, 0.05) is 17.1 Å². The normalized spacial score (nSPS) is 13.9. The SMILES string of the molecule is Cc1c(-c2ccc(N)c(C#N)c2)ccc2c3ocnc3c(=O)n(C3CC3)c12. The lowest BCUT2D eigenvalue weighted by Crippen LogP contribution is -2.20. The van der Waals surface area contributed by atoms with Gasteiger partial charge in [-0.25, -0.2) is 4.98 Å². The highest BCUT2D eigenvalue weighted by atomic mass is 16.3. The van der Waals surface area contributed by atoms with E-state index in [2.05, 4.69) is 11.1 Å². The van der Waals surface area contributed by atoms with E-state index in [0.717, 1.165) is 40.4 Å². The van der Waals surface area contributed by atoms with Crippen molar-refractivity contribution in [2.24, 2.45) is 0 Å². The average molecular weight is 356 g/mol. The predicted molar refractivity (Wildman–Crippen MR) is 103 cm³/mol. The molecule has 0 aliphatic heterocycles. The smallest absolute Gasteiger partial charge is 0.281 e. The fourth-order valence-electron chi connectivity index (χ4n) is 3.81. The van der Waals surface area contributed by atoms with Crippen molar-refractivity contribution in [2.45, 2.75) is 25.8 Å². The van der Waals surface area contributed by atoms with Crippen molar-refractivity contribution in [1.29, 1.82) is 5.26 Å². The number of fused-ring (bicyclic) bond motifs is 3. The Bertz CT molecular complexity index is 1340. The number of hydrogen-bond acceptors (Lipinski definition) is 5. The number of aryl methyl sites for hydroxylation is 1. The summed E-state index contributed by atoms with van der Waals surface area (Å²) in [5.41, 5.74) is 11.3. The van der Waals surface area contributed by atoms with Gasteiger partial charge in [-0.05, 0) is 54.7 Å². The summed E-state index contributed by atoms with van der Waals surface area (Å²) >= 11 is 0. The van der Waals surface area contributed by atoms with E-state index in [9.17, 15) is 10.1 Å². The van der Waals surface area contributed by atoms with Crippen LogP contribution in [-0.2, 0) is 0 Å². The molecule has 4 aromatic rings. The van der Waals surface area contributed by atoms with Crippen molar-refractivity contribution in [3.8, 4) is 17.2 Å². The monoisotopic (exact) mass is 356 g/mol. The van der Waals surface area contributed by atoms with Gasteiger partial charge in [-0.15, -0.1) is 0 Å². The Kier molecular flexibility index (Phi) is 3.16. The Hall–Kier alpha value is -3.59. The van der Waals surface area contributed by atoms with Gasteiger partial charge in [-0.3, -0.25) is 4.79 Å². The molecule has 0 radical (unpaired) electrons. The van der Waals surface area contributed by atoms with Crippen LogP contribution in [0.15, 0.2) is 45.9 Å². The number of oxazole rings is 1. The number of anilines is 1. The minimum absolute atomic E-state index is 0.107. The highest BCUT2D eigenvalue weighted by molar-refractivity contribution is 6.04. The van der Waals surface area contributed by atoms with E-state index < -0.39 is 0 Å². The van der Waals surface area contributed by atoms with Crippen molar-refractivity contribution in [2.75, 3.05) is 5.73 Å². The van der Waals surface area contributed by atoms with Crippen LogP contribution in [0, 0.1) is 18.3 Å². The lowest BCUT2D eigenvalue weighted by molar-refractivity contribution is 0.604. The predicted octanol–water partition coefficient (Wildman–Crippen LogP) is 3.91. The summed E-state index contributed by atoms with van der Waals surface area (Å²) in [6, 6.07) is 11.7. The summed E-state index contributed by atoms with van der Waals surface area (Å²) in [5, 5.41) is 10.2. The second-order valence-corrected chi connectivity index (χ2v) is 6.98. The van der Waals surface area contributed by atoms with Crippen molar-refractivity contribution in [3.05, 3.63) is 58.2 Å². The number of hydrogen-bond donors (Lipinski definition) is 1. The zero-order valence-electron chi connectivity index (χ0n) is 14.7. The second kappa shape index (κ2) is 5.45. The van der Waals surface area contributed by atoms with Gasteiger partial charge in [0.05, 0.1) is 11.1 Å². The first-order chi connectivity index (χ1) is 13.1. The first-order valence-corrected chi connectivity index (χ1v) is 8.81. The van der Waals surface area contributed by atoms with E-state index in [1.54, 1.807) is 12.1 Å². The molecular weight excluding hydrogens is 340 g/mol. The summed E-state index contributed by atoms with van der Waals surface area (Å²) in [4.78, 5) is 17.1. The molecular formula is C21H16N4O2. The third-order valence-electron chi connectivity index (χ3n) is 5.30. The minimum Gasteiger partial charge on any atom is -0.443 e.